The highest BCUT2D eigenvalue weighted by Crippen LogP contribution is 2.34. The monoisotopic (exact) mass is 284 g/mol. The topological polar surface area (TPSA) is 34.2 Å². The van der Waals surface area contributed by atoms with Gasteiger partial charge < -0.3 is 10.1 Å². The van der Waals surface area contributed by atoms with Crippen LogP contribution >= 0.6 is 0 Å². The largest absolute Gasteiger partial charge is 0.496 e. The summed E-state index contributed by atoms with van der Waals surface area (Å²) in [6.07, 6.45) is 1.83. The zero-order valence-electron chi connectivity index (χ0n) is 13.5. The maximum absolute atomic E-state index is 5.69. The van der Waals surface area contributed by atoms with Crippen LogP contribution in [0.2, 0.25) is 0 Å². The van der Waals surface area contributed by atoms with Crippen LogP contribution < -0.4 is 10.1 Å². The van der Waals surface area contributed by atoms with Gasteiger partial charge in [-0.05, 0) is 50.1 Å². The van der Waals surface area contributed by atoms with E-state index >= 15 is 0 Å². The zero-order valence-corrected chi connectivity index (χ0v) is 13.5. The number of hydrogen-bond acceptors (Lipinski definition) is 3. The molecule has 112 valence electrons. The average Bonchev–Trinajstić information content (AvgIpc) is 2.48. The van der Waals surface area contributed by atoms with E-state index in [-0.39, 0.29) is 6.04 Å². The number of hydrogen-bond donors (Lipinski definition) is 1. The molecule has 0 aliphatic carbocycles. The van der Waals surface area contributed by atoms with Gasteiger partial charge >= 0.3 is 0 Å². The standard InChI is InChI=1S/C18H24N2O/c1-6-19-17(15-8-7-11-20-14(15)4)16-10-9-12(2)13(3)18(16)21-5/h7-11,17,19H,6H2,1-5H3. The van der Waals surface area contributed by atoms with Crippen LogP contribution in [0, 0.1) is 20.8 Å². The number of pyridine rings is 1. The Morgan fingerprint density at radius 1 is 1.14 bits per heavy atom. The second-order valence-electron chi connectivity index (χ2n) is 5.30. The lowest BCUT2D eigenvalue weighted by Gasteiger charge is -2.24. The molecule has 21 heavy (non-hydrogen) atoms. The second kappa shape index (κ2) is 6.72. The molecular formula is C18H24N2O. The molecule has 1 heterocycles. The van der Waals surface area contributed by atoms with E-state index in [1.165, 1.54) is 22.3 Å². The summed E-state index contributed by atoms with van der Waals surface area (Å²) in [4.78, 5) is 4.42. The second-order valence-corrected chi connectivity index (χ2v) is 5.30. The Hall–Kier alpha value is -1.87. The molecule has 0 fully saturated rings. The highest BCUT2D eigenvalue weighted by Gasteiger charge is 2.21. The molecular weight excluding hydrogens is 260 g/mol. The predicted octanol–water partition coefficient (Wildman–Crippen LogP) is 3.71. The molecule has 0 saturated heterocycles. The van der Waals surface area contributed by atoms with Crippen molar-refractivity contribution in [2.45, 2.75) is 33.7 Å². The molecule has 3 heteroatoms. The Morgan fingerprint density at radius 3 is 2.52 bits per heavy atom. The van der Waals surface area contributed by atoms with Crippen molar-refractivity contribution < 1.29 is 4.74 Å². The molecule has 0 radical (unpaired) electrons. The summed E-state index contributed by atoms with van der Waals surface area (Å²) >= 11 is 0. The van der Waals surface area contributed by atoms with Crippen molar-refractivity contribution in [1.82, 2.24) is 10.3 Å². The van der Waals surface area contributed by atoms with Crippen LogP contribution in [-0.4, -0.2) is 18.6 Å². The summed E-state index contributed by atoms with van der Waals surface area (Å²) in [6.45, 7) is 9.27. The van der Waals surface area contributed by atoms with Crippen molar-refractivity contribution in [3.63, 3.8) is 0 Å². The minimum atomic E-state index is 0.0953. The van der Waals surface area contributed by atoms with Gasteiger partial charge in [0, 0.05) is 17.5 Å². The van der Waals surface area contributed by atoms with E-state index in [0.29, 0.717) is 0 Å². The SMILES string of the molecule is CCNC(c1cccnc1C)c1ccc(C)c(C)c1OC. The van der Waals surface area contributed by atoms with E-state index in [4.69, 9.17) is 4.74 Å². The molecule has 1 atom stereocenters. The number of benzene rings is 1. The van der Waals surface area contributed by atoms with Gasteiger partial charge in [-0.15, -0.1) is 0 Å². The van der Waals surface area contributed by atoms with Crippen molar-refractivity contribution >= 4 is 0 Å². The fourth-order valence-corrected chi connectivity index (χ4v) is 2.70. The van der Waals surface area contributed by atoms with Gasteiger partial charge in [-0.1, -0.05) is 25.1 Å². The average molecular weight is 284 g/mol. The quantitative estimate of drug-likeness (QED) is 0.908. The smallest absolute Gasteiger partial charge is 0.127 e. The van der Waals surface area contributed by atoms with Crippen molar-refractivity contribution in [2.75, 3.05) is 13.7 Å². The molecule has 1 aromatic carbocycles. The van der Waals surface area contributed by atoms with Gasteiger partial charge in [0.25, 0.3) is 0 Å². The van der Waals surface area contributed by atoms with Crippen LogP contribution in [0.1, 0.15) is 40.9 Å². The van der Waals surface area contributed by atoms with Gasteiger partial charge in [-0.25, -0.2) is 0 Å². The van der Waals surface area contributed by atoms with Crippen molar-refractivity contribution in [3.8, 4) is 5.75 Å². The third-order valence-electron chi connectivity index (χ3n) is 3.99. The van der Waals surface area contributed by atoms with E-state index in [1.54, 1.807) is 7.11 Å². The minimum absolute atomic E-state index is 0.0953. The Kier molecular flexibility index (Phi) is 4.97. The molecule has 2 rings (SSSR count). The molecule has 0 bridgehead atoms. The molecule has 1 N–H and O–H groups in total. The molecule has 0 spiro atoms. The van der Waals surface area contributed by atoms with Crippen LogP contribution in [0.3, 0.4) is 0 Å². The van der Waals surface area contributed by atoms with Crippen LogP contribution in [0.5, 0.6) is 5.75 Å². The molecule has 0 amide bonds. The van der Waals surface area contributed by atoms with E-state index in [9.17, 15) is 0 Å². The summed E-state index contributed by atoms with van der Waals surface area (Å²) in [5.74, 6) is 0.962. The van der Waals surface area contributed by atoms with E-state index in [1.807, 2.05) is 19.2 Å². The molecule has 2 aromatic rings. The number of methoxy groups -OCH3 is 1. The highest BCUT2D eigenvalue weighted by atomic mass is 16.5. The summed E-state index contributed by atoms with van der Waals surface area (Å²) in [6, 6.07) is 8.52. The summed E-state index contributed by atoms with van der Waals surface area (Å²) in [5.41, 5.74) is 5.84. The van der Waals surface area contributed by atoms with Gasteiger partial charge in [0.05, 0.1) is 13.2 Å². The Balaban J connectivity index is 2.59. The van der Waals surface area contributed by atoms with Crippen molar-refractivity contribution in [1.29, 1.82) is 0 Å². The predicted molar refractivity (Wildman–Crippen MR) is 87.0 cm³/mol. The molecule has 0 aliphatic rings. The van der Waals surface area contributed by atoms with Crippen LogP contribution in [0.4, 0.5) is 0 Å². The number of nitrogens with zero attached hydrogens (tertiary/aromatic N) is 1. The Labute approximate surface area is 127 Å². The van der Waals surface area contributed by atoms with E-state index in [0.717, 1.165) is 18.0 Å². The lowest BCUT2D eigenvalue weighted by molar-refractivity contribution is 0.400. The van der Waals surface area contributed by atoms with Crippen LogP contribution in [-0.2, 0) is 0 Å². The first kappa shape index (κ1) is 15.5. The molecule has 3 nitrogen and oxygen atoms in total. The van der Waals surface area contributed by atoms with Gasteiger partial charge in [-0.3, -0.25) is 4.98 Å². The third kappa shape index (κ3) is 3.08. The first-order valence-corrected chi connectivity index (χ1v) is 7.39. The van der Waals surface area contributed by atoms with E-state index in [2.05, 4.69) is 49.3 Å². The summed E-state index contributed by atoms with van der Waals surface area (Å²) in [5, 5.41) is 3.56. The maximum Gasteiger partial charge on any atom is 0.127 e. The molecule has 0 aliphatic heterocycles. The maximum atomic E-state index is 5.69. The minimum Gasteiger partial charge on any atom is -0.496 e. The number of aromatic nitrogens is 1. The zero-order chi connectivity index (χ0) is 15.4. The van der Waals surface area contributed by atoms with Gasteiger partial charge in [0.2, 0.25) is 0 Å². The summed E-state index contributed by atoms with van der Waals surface area (Å²) < 4.78 is 5.69. The number of rotatable bonds is 5. The Bertz CT molecular complexity index is 623. The van der Waals surface area contributed by atoms with Gasteiger partial charge in [-0.2, -0.15) is 0 Å². The van der Waals surface area contributed by atoms with Gasteiger partial charge in [0.1, 0.15) is 5.75 Å². The fraction of sp³-hybridized carbons (Fsp3) is 0.389. The highest BCUT2D eigenvalue weighted by molar-refractivity contribution is 5.50. The first-order valence-electron chi connectivity index (χ1n) is 7.39. The number of nitrogens with one attached hydrogen (secondary N) is 1. The van der Waals surface area contributed by atoms with Gasteiger partial charge in [0.15, 0.2) is 0 Å². The lowest BCUT2D eigenvalue weighted by atomic mass is 9.93. The van der Waals surface area contributed by atoms with Crippen molar-refractivity contribution in [2.24, 2.45) is 0 Å². The van der Waals surface area contributed by atoms with Crippen LogP contribution in [0.15, 0.2) is 30.5 Å². The van der Waals surface area contributed by atoms with Crippen LogP contribution in [0.25, 0.3) is 0 Å². The molecule has 1 unspecified atom stereocenters. The molecule has 0 saturated carbocycles. The van der Waals surface area contributed by atoms with Crippen molar-refractivity contribution in [3.05, 3.63) is 58.4 Å². The number of aryl methyl sites for hydroxylation is 2. The fourth-order valence-electron chi connectivity index (χ4n) is 2.70. The Morgan fingerprint density at radius 2 is 1.90 bits per heavy atom. The third-order valence-corrected chi connectivity index (χ3v) is 3.99. The normalized spacial score (nSPS) is 12.2. The number of ether oxygens (including phenoxy) is 1. The summed E-state index contributed by atoms with van der Waals surface area (Å²) in [7, 11) is 1.74. The first-order chi connectivity index (χ1) is 10.1. The van der Waals surface area contributed by atoms with E-state index < -0.39 is 0 Å². The lowest BCUT2D eigenvalue weighted by Crippen LogP contribution is -2.24. The molecule has 1 aromatic heterocycles.